The molecule has 0 bridgehead atoms. The fourth-order valence-corrected chi connectivity index (χ4v) is 7.49. The van der Waals surface area contributed by atoms with Crippen molar-refractivity contribution in [3.05, 3.63) is 170 Å². The molecule has 0 aliphatic carbocycles. The van der Waals surface area contributed by atoms with E-state index in [9.17, 15) is 14.4 Å². The van der Waals surface area contributed by atoms with Gasteiger partial charge in [0.25, 0.3) is 0 Å². The van der Waals surface area contributed by atoms with E-state index >= 15 is 0 Å². The van der Waals surface area contributed by atoms with Gasteiger partial charge in [0, 0.05) is 19.3 Å². The first-order valence-electron chi connectivity index (χ1n) is 30.1. The Morgan fingerprint density at radius 1 is 0.276 bits per heavy atom. The molecule has 0 aromatic rings. The molecule has 6 heteroatoms. The molecule has 0 amide bonds. The van der Waals surface area contributed by atoms with E-state index in [0.29, 0.717) is 12.8 Å². The minimum atomic E-state index is -0.830. The normalized spacial score (nSPS) is 13.4. The van der Waals surface area contributed by atoms with E-state index in [1.54, 1.807) is 0 Å². The van der Waals surface area contributed by atoms with Gasteiger partial charge in [0.2, 0.25) is 0 Å². The van der Waals surface area contributed by atoms with Crippen molar-refractivity contribution >= 4 is 17.9 Å². The summed E-state index contributed by atoms with van der Waals surface area (Å²) in [7, 11) is 0. The number of carbonyl (C=O) groups excluding carboxylic acids is 3. The fourth-order valence-electron chi connectivity index (χ4n) is 7.49. The van der Waals surface area contributed by atoms with Gasteiger partial charge in [-0.1, -0.05) is 236 Å². The fraction of sp³-hybridized carbons (Fsp3) is 0.557. The lowest BCUT2D eigenvalue weighted by Gasteiger charge is -2.18. The second-order valence-corrected chi connectivity index (χ2v) is 19.1. The highest BCUT2D eigenvalue weighted by molar-refractivity contribution is 5.71. The van der Waals surface area contributed by atoms with Crippen LogP contribution in [0.1, 0.15) is 233 Å². The molecule has 76 heavy (non-hydrogen) atoms. The predicted molar refractivity (Wildman–Crippen MR) is 329 cm³/mol. The highest BCUT2D eigenvalue weighted by Gasteiger charge is 2.19. The lowest BCUT2D eigenvalue weighted by molar-refractivity contribution is -0.167. The molecule has 0 N–H and O–H groups in total. The van der Waals surface area contributed by atoms with E-state index in [1.165, 1.54) is 32.1 Å². The van der Waals surface area contributed by atoms with E-state index in [-0.39, 0.29) is 44.0 Å². The van der Waals surface area contributed by atoms with Crippen molar-refractivity contribution in [3.63, 3.8) is 0 Å². The maximum atomic E-state index is 12.9. The Balaban J connectivity index is 4.50. The topological polar surface area (TPSA) is 78.9 Å². The van der Waals surface area contributed by atoms with Crippen LogP contribution in [0.5, 0.6) is 0 Å². The number of hydrogen-bond acceptors (Lipinski definition) is 6. The second kappa shape index (κ2) is 62.3. The van der Waals surface area contributed by atoms with Crippen LogP contribution in [0.15, 0.2) is 170 Å². The highest BCUT2D eigenvalue weighted by atomic mass is 16.6. The molecule has 0 aliphatic heterocycles. The first-order valence-corrected chi connectivity index (χ1v) is 30.1. The number of hydrogen-bond donors (Lipinski definition) is 0. The maximum Gasteiger partial charge on any atom is 0.306 e. The third kappa shape index (κ3) is 59.6. The lowest BCUT2D eigenvalue weighted by atomic mass is 10.1. The zero-order valence-electron chi connectivity index (χ0n) is 48.4. The van der Waals surface area contributed by atoms with Crippen LogP contribution in [0.4, 0.5) is 0 Å². The minimum absolute atomic E-state index is 0.125. The summed E-state index contributed by atoms with van der Waals surface area (Å²) in [6, 6.07) is 0. The van der Waals surface area contributed by atoms with Gasteiger partial charge in [0.1, 0.15) is 13.2 Å². The molecular weight excluding hydrogens is 937 g/mol. The van der Waals surface area contributed by atoms with Crippen molar-refractivity contribution < 1.29 is 28.6 Å². The smallest absolute Gasteiger partial charge is 0.306 e. The summed E-state index contributed by atoms with van der Waals surface area (Å²) in [5.41, 5.74) is 0. The van der Waals surface area contributed by atoms with Crippen LogP contribution in [-0.4, -0.2) is 37.2 Å². The zero-order valence-corrected chi connectivity index (χ0v) is 48.4. The molecule has 0 saturated carbocycles. The van der Waals surface area contributed by atoms with Gasteiger partial charge in [-0.15, -0.1) is 0 Å². The quantitative estimate of drug-likeness (QED) is 0.0261. The van der Waals surface area contributed by atoms with Crippen LogP contribution >= 0.6 is 0 Å². The van der Waals surface area contributed by atoms with Crippen LogP contribution < -0.4 is 0 Å². The molecule has 0 aromatic heterocycles. The minimum Gasteiger partial charge on any atom is -0.462 e. The van der Waals surface area contributed by atoms with Gasteiger partial charge in [-0.25, -0.2) is 0 Å². The summed E-state index contributed by atoms with van der Waals surface area (Å²) in [4.78, 5) is 38.2. The van der Waals surface area contributed by atoms with Crippen LogP contribution in [0, 0.1) is 0 Å². The number of esters is 3. The Morgan fingerprint density at radius 3 is 0.868 bits per heavy atom. The first kappa shape index (κ1) is 70.8. The van der Waals surface area contributed by atoms with E-state index in [1.807, 2.05) is 0 Å². The van der Waals surface area contributed by atoms with Crippen molar-refractivity contribution in [1.29, 1.82) is 0 Å². The van der Waals surface area contributed by atoms with Gasteiger partial charge in [-0.05, 0) is 148 Å². The molecule has 1 atom stereocenters. The van der Waals surface area contributed by atoms with Crippen molar-refractivity contribution in [3.8, 4) is 0 Å². The SMILES string of the molecule is CC/C=C\C/C=C\C/C=C\C/C=C\C/C=C\C/C=C\C/C=C\C/C=C\C/C=C\CCCC(=O)OCC(COC(=O)CCCCC/C=C\C/C=C\C/C=C\CC)OC(=O)CCCCCCC/C=C\C/C=C\CCCCCC. The van der Waals surface area contributed by atoms with Gasteiger partial charge >= 0.3 is 17.9 Å². The standard InChI is InChI=1S/C70H108O6/c1-4-7-10-13-16-19-22-25-27-29-30-31-32-33-34-35-36-37-38-39-40-41-43-45-48-51-54-57-60-63-69(72)75-66-67(65-74-68(71)62-59-56-53-50-47-44-24-21-18-15-12-9-6-3)76-70(73)64-61-58-55-52-49-46-42-28-26-23-20-17-14-11-8-5-2/h7,9-10,12,16,18-21,23,25,27-28,30-31,33-34,36-37,39-40,42-45,47,51,54,67H,4-6,8,11,13-15,17,22,24,26,29,32,35,38,41,46,48-50,52-53,55-66H2,1-3H3/b10-7-,12-9-,19-16-,21-18-,23-20-,27-25-,31-30-,34-33-,37-36-,40-39-,42-28-,45-43-,47-44-,54-51-. The van der Waals surface area contributed by atoms with Crippen molar-refractivity contribution in [1.82, 2.24) is 0 Å². The van der Waals surface area contributed by atoms with Crippen LogP contribution in [0.2, 0.25) is 0 Å². The monoisotopic (exact) mass is 1040 g/mol. The largest absolute Gasteiger partial charge is 0.462 e. The Labute approximate surface area is 466 Å². The van der Waals surface area contributed by atoms with Gasteiger partial charge in [-0.3, -0.25) is 14.4 Å². The molecular formula is C70H108O6. The number of allylic oxidation sites excluding steroid dienone is 28. The molecule has 0 aromatic carbocycles. The summed E-state index contributed by atoms with van der Waals surface area (Å²) >= 11 is 0. The predicted octanol–water partition coefficient (Wildman–Crippen LogP) is 20.7. The molecule has 424 valence electrons. The summed E-state index contributed by atoms with van der Waals surface area (Å²) in [6.07, 6.45) is 92.2. The third-order valence-electron chi connectivity index (χ3n) is 11.9. The molecule has 0 fully saturated rings. The Kier molecular flexibility index (Phi) is 58.0. The van der Waals surface area contributed by atoms with Crippen LogP contribution in [0.25, 0.3) is 0 Å². The summed E-state index contributed by atoms with van der Waals surface area (Å²) < 4.78 is 16.8. The van der Waals surface area contributed by atoms with Crippen molar-refractivity contribution in [2.45, 2.75) is 239 Å². The van der Waals surface area contributed by atoms with Gasteiger partial charge < -0.3 is 14.2 Å². The van der Waals surface area contributed by atoms with Gasteiger partial charge in [-0.2, -0.15) is 0 Å². The van der Waals surface area contributed by atoms with Crippen molar-refractivity contribution in [2.24, 2.45) is 0 Å². The second-order valence-electron chi connectivity index (χ2n) is 19.1. The summed E-state index contributed by atoms with van der Waals surface area (Å²) in [6.45, 7) is 6.29. The van der Waals surface area contributed by atoms with Gasteiger partial charge in [0.05, 0.1) is 0 Å². The highest BCUT2D eigenvalue weighted by Crippen LogP contribution is 2.12. The Bertz CT molecular complexity index is 1770. The van der Waals surface area contributed by atoms with Crippen LogP contribution in [-0.2, 0) is 28.6 Å². The molecule has 1 unspecified atom stereocenters. The van der Waals surface area contributed by atoms with E-state index in [0.717, 1.165) is 154 Å². The van der Waals surface area contributed by atoms with E-state index in [4.69, 9.17) is 14.2 Å². The molecule has 0 rings (SSSR count). The van der Waals surface area contributed by atoms with Gasteiger partial charge in [0.15, 0.2) is 6.10 Å². The first-order chi connectivity index (χ1) is 37.5. The van der Waals surface area contributed by atoms with Crippen LogP contribution in [0.3, 0.4) is 0 Å². The molecule has 0 spiro atoms. The Morgan fingerprint density at radius 2 is 0.526 bits per heavy atom. The summed E-state index contributed by atoms with van der Waals surface area (Å²) in [5.74, 6) is -1.04. The number of ether oxygens (including phenoxy) is 3. The average molecular weight is 1050 g/mol. The molecule has 0 aliphatic rings. The average Bonchev–Trinajstić information content (AvgIpc) is 3.42. The molecule has 0 saturated heterocycles. The lowest BCUT2D eigenvalue weighted by Crippen LogP contribution is -2.30. The van der Waals surface area contributed by atoms with Crippen molar-refractivity contribution in [2.75, 3.05) is 13.2 Å². The Hall–Kier alpha value is -5.23. The third-order valence-corrected chi connectivity index (χ3v) is 11.9. The number of carbonyl (C=O) groups is 3. The van der Waals surface area contributed by atoms with E-state index in [2.05, 4.69) is 191 Å². The molecule has 6 nitrogen and oxygen atoms in total. The number of unbranched alkanes of at least 4 members (excludes halogenated alkanes) is 13. The molecule has 0 radical (unpaired) electrons. The number of rotatable bonds is 52. The zero-order chi connectivity index (χ0) is 55.0. The van der Waals surface area contributed by atoms with E-state index < -0.39 is 6.10 Å². The maximum absolute atomic E-state index is 12.9. The summed E-state index contributed by atoms with van der Waals surface area (Å²) in [5, 5.41) is 0. The molecule has 0 heterocycles.